The van der Waals surface area contributed by atoms with Crippen molar-refractivity contribution >= 4 is 16.8 Å². The van der Waals surface area contributed by atoms with Crippen LogP contribution < -0.4 is 5.56 Å². The molecule has 6 nitrogen and oxygen atoms in total. The highest BCUT2D eigenvalue weighted by Gasteiger charge is 2.28. The van der Waals surface area contributed by atoms with Gasteiger partial charge in [-0.3, -0.25) is 19.1 Å². The van der Waals surface area contributed by atoms with Crippen molar-refractivity contribution < 1.29 is 4.79 Å². The molecule has 0 spiro atoms. The zero-order chi connectivity index (χ0) is 22.2. The number of carbonyl (C=O) groups is 1. The number of aromatic nitrogens is 2. The third-order valence-electron chi connectivity index (χ3n) is 6.55. The summed E-state index contributed by atoms with van der Waals surface area (Å²) in [6, 6.07) is 7.63. The van der Waals surface area contributed by atoms with Crippen molar-refractivity contribution in [3.8, 4) is 0 Å². The lowest BCUT2D eigenvalue weighted by molar-refractivity contribution is -0.133. The third kappa shape index (κ3) is 5.73. The number of piperazine rings is 1. The molecule has 6 heteroatoms. The van der Waals surface area contributed by atoms with Gasteiger partial charge in [-0.25, -0.2) is 4.98 Å². The highest BCUT2D eigenvalue weighted by Crippen LogP contribution is 2.24. The summed E-state index contributed by atoms with van der Waals surface area (Å²) >= 11 is 0. The largest absolute Gasteiger partial charge is 0.340 e. The van der Waals surface area contributed by atoms with Gasteiger partial charge in [-0.15, -0.1) is 0 Å². The summed E-state index contributed by atoms with van der Waals surface area (Å²) in [5.74, 6) is 1.11. The Labute approximate surface area is 186 Å². The molecule has 0 radical (unpaired) electrons. The van der Waals surface area contributed by atoms with Crippen molar-refractivity contribution in [1.82, 2.24) is 19.4 Å². The molecule has 1 saturated heterocycles. The first-order chi connectivity index (χ1) is 15.1. The van der Waals surface area contributed by atoms with Gasteiger partial charge in [0.25, 0.3) is 5.56 Å². The number of nitrogens with zero attached hydrogens (tertiary/aromatic N) is 4. The number of amides is 1. The van der Waals surface area contributed by atoms with Crippen LogP contribution in [0.1, 0.15) is 77.1 Å². The Bertz CT molecular complexity index is 915. The van der Waals surface area contributed by atoms with Gasteiger partial charge in [0.05, 0.1) is 16.9 Å². The Morgan fingerprint density at radius 1 is 1.00 bits per heavy atom. The number of fused-ring (bicyclic) bond motifs is 1. The molecule has 31 heavy (non-hydrogen) atoms. The Hall–Kier alpha value is -2.21. The van der Waals surface area contributed by atoms with Crippen LogP contribution in [0.25, 0.3) is 10.9 Å². The van der Waals surface area contributed by atoms with Crippen LogP contribution in [0.15, 0.2) is 29.1 Å². The molecule has 2 heterocycles. The number of benzene rings is 1. The molecule has 1 aromatic carbocycles. The first kappa shape index (κ1) is 23.5. The summed E-state index contributed by atoms with van der Waals surface area (Å²) < 4.78 is 1.70. The van der Waals surface area contributed by atoms with Crippen molar-refractivity contribution in [2.24, 2.45) is 7.05 Å². The molecule has 0 bridgehead atoms. The monoisotopic (exact) mass is 426 g/mol. The summed E-state index contributed by atoms with van der Waals surface area (Å²) in [5, 5.41) is 0.661. The Balaban J connectivity index is 1.58. The second-order valence-corrected chi connectivity index (χ2v) is 8.71. The normalized spacial score (nSPS) is 16.0. The number of hydrogen-bond donors (Lipinski definition) is 0. The van der Waals surface area contributed by atoms with Crippen molar-refractivity contribution in [3.63, 3.8) is 0 Å². The van der Waals surface area contributed by atoms with Crippen molar-refractivity contribution in [2.45, 2.75) is 71.3 Å². The van der Waals surface area contributed by atoms with E-state index in [1.807, 2.05) is 36.2 Å². The molecule has 1 unspecified atom stereocenters. The maximum atomic E-state index is 12.8. The zero-order valence-electron chi connectivity index (χ0n) is 19.5. The molecular formula is C25H38N4O2. The van der Waals surface area contributed by atoms with Gasteiger partial charge in [0.2, 0.25) is 5.91 Å². The summed E-state index contributed by atoms with van der Waals surface area (Å²) in [4.78, 5) is 34.7. The van der Waals surface area contributed by atoms with Crippen LogP contribution in [0.4, 0.5) is 0 Å². The van der Waals surface area contributed by atoms with Gasteiger partial charge in [0.15, 0.2) is 0 Å². The molecule has 2 aromatic rings. The van der Waals surface area contributed by atoms with Crippen molar-refractivity contribution in [3.05, 3.63) is 40.4 Å². The molecule has 1 aromatic heterocycles. The van der Waals surface area contributed by atoms with Gasteiger partial charge in [-0.2, -0.15) is 0 Å². The van der Waals surface area contributed by atoms with Gasteiger partial charge in [-0.1, -0.05) is 58.1 Å². The van der Waals surface area contributed by atoms with E-state index >= 15 is 0 Å². The lowest BCUT2D eigenvalue weighted by atomic mass is 10.1. The van der Waals surface area contributed by atoms with Crippen molar-refractivity contribution in [1.29, 1.82) is 0 Å². The van der Waals surface area contributed by atoms with Crippen LogP contribution >= 0.6 is 0 Å². The summed E-state index contributed by atoms with van der Waals surface area (Å²) in [7, 11) is 1.82. The summed E-state index contributed by atoms with van der Waals surface area (Å²) in [6.45, 7) is 7.52. The third-order valence-corrected chi connectivity index (χ3v) is 6.55. The van der Waals surface area contributed by atoms with Crippen LogP contribution in [-0.2, 0) is 11.8 Å². The molecule has 170 valence electrons. The van der Waals surface area contributed by atoms with E-state index in [2.05, 4.69) is 18.7 Å². The summed E-state index contributed by atoms with van der Waals surface area (Å²) in [6.07, 6.45) is 8.79. The topological polar surface area (TPSA) is 58.4 Å². The van der Waals surface area contributed by atoms with Crippen molar-refractivity contribution in [2.75, 3.05) is 26.2 Å². The van der Waals surface area contributed by atoms with Gasteiger partial charge in [0.1, 0.15) is 5.82 Å². The van der Waals surface area contributed by atoms with E-state index in [1.165, 1.54) is 25.7 Å². The average Bonchev–Trinajstić information content (AvgIpc) is 2.80. The molecule has 0 N–H and O–H groups in total. The van der Waals surface area contributed by atoms with E-state index < -0.39 is 0 Å². The minimum absolute atomic E-state index is 0.00630. The SMILES string of the molecule is CCCCCCCCC(=O)N1CCN(C(CC)c2nc3ccccc3c(=O)n2C)CC1. The fourth-order valence-corrected chi connectivity index (χ4v) is 4.63. The fourth-order valence-electron chi connectivity index (χ4n) is 4.63. The van der Waals surface area contributed by atoms with E-state index in [1.54, 1.807) is 4.57 Å². The smallest absolute Gasteiger partial charge is 0.261 e. The molecule has 1 aliphatic heterocycles. The minimum atomic E-state index is 0.00630. The highest BCUT2D eigenvalue weighted by atomic mass is 16.2. The van der Waals surface area contributed by atoms with Crippen LogP contribution in [0.3, 0.4) is 0 Å². The molecule has 1 fully saturated rings. The summed E-state index contributed by atoms with van der Waals surface area (Å²) in [5.41, 5.74) is 0.763. The lowest BCUT2D eigenvalue weighted by Crippen LogP contribution is -2.50. The van der Waals surface area contributed by atoms with E-state index in [0.717, 1.165) is 56.8 Å². The predicted octanol–water partition coefficient (Wildman–Crippen LogP) is 4.28. The highest BCUT2D eigenvalue weighted by molar-refractivity contribution is 5.77. The van der Waals surface area contributed by atoms with Gasteiger partial charge in [-0.05, 0) is 25.0 Å². The average molecular weight is 427 g/mol. The maximum Gasteiger partial charge on any atom is 0.261 e. The van der Waals surface area contributed by atoms with E-state index in [9.17, 15) is 9.59 Å². The Morgan fingerprint density at radius 2 is 1.68 bits per heavy atom. The molecule has 1 atom stereocenters. The minimum Gasteiger partial charge on any atom is -0.340 e. The maximum absolute atomic E-state index is 12.8. The fraction of sp³-hybridized carbons (Fsp3) is 0.640. The van der Waals surface area contributed by atoms with Crippen LogP contribution in [0, 0.1) is 0 Å². The van der Waals surface area contributed by atoms with E-state index in [4.69, 9.17) is 4.98 Å². The number of carbonyl (C=O) groups excluding carboxylic acids is 1. The first-order valence-corrected chi connectivity index (χ1v) is 12.0. The number of rotatable bonds is 10. The molecule has 0 aliphatic carbocycles. The first-order valence-electron chi connectivity index (χ1n) is 12.0. The van der Waals surface area contributed by atoms with E-state index in [-0.39, 0.29) is 11.6 Å². The quantitative estimate of drug-likeness (QED) is 0.532. The lowest BCUT2D eigenvalue weighted by Gasteiger charge is -2.39. The Morgan fingerprint density at radius 3 is 2.39 bits per heavy atom. The molecule has 0 saturated carbocycles. The molecule has 3 rings (SSSR count). The number of unbranched alkanes of at least 4 members (excludes halogenated alkanes) is 5. The zero-order valence-corrected chi connectivity index (χ0v) is 19.5. The number of hydrogen-bond acceptors (Lipinski definition) is 4. The van der Waals surface area contributed by atoms with Crippen LogP contribution in [-0.4, -0.2) is 51.4 Å². The molecule has 1 aliphatic rings. The predicted molar refractivity (Wildman–Crippen MR) is 126 cm³/mol. The van der Waals surface area contributed by atoms with Crippen LogP contribution in [0.5, 0.6) is 0 Å². The van der Waals surface area contributed by atoms with Gasteiger partial charge >= 0.3 is 0 Å². The molecular weight excluding hydrogens is 388 g/mol. The van der Waals surface area contributed by atoms with Gasteiger partial charge in [0, 0.05) is 39.6 Å². The second kappa shape index (κ2) is 11.4. The van der Waals surface area contributed by atoms with E-state index in [0.29, 0.717) is 17.7 Å². The Kier molecular flexibility index (Phi) is 8.64. The van der Waals surface area contributed by atoms with Crippen LogP contribution in [0.2, 0.25) is 0 Å². The molecule has 1 amide bonds. The van der Waals surface area contributed by atoms with Gasteiger partial charge < -0.3 is 4.90 Å². The second-order valence-electron chi connectivity index (χ2n) is 8.71. The standard InChI is InChI=1S/C25H38N4O2/c1-4-6-7-8-9-10-15-23(30)29-18-16-28(17-19-29)22(5-2)24-26-21-14-12-11-13-20(21)25(31)27(24)3/h11-14,22H,4-10,15-19H2,1-3H3. The number of para-hydroxylation sites is 1.